The molecule has 0 unspecified atom stereocenters. The van der Waals surface area contributed by atoms with Crippen LogP contribution in [0.4, 0.5) is 34.1 Å². The van der Waals surface area contributed by atoms with Gasteiger partial charge in [0.2, 0.25) is 0 Å². The summed E-state index contributed by atoms with van der Waals surface area (Å²) in [5.74, 6) is 0. The lowest BCUT2D eigenvalue weighted by atomic mass is 9.67. The molecule has 500 valence electrons. The number of anilines is 6. The smallest absolute Gasteiger partial charge is 0.0726 e. The predicted octanol–water partition coefficient (Wildman–Crippen LogP) is 26.9. The Kier molecular flexibility index (Phi) is 13.6. The maximum atomic E-state index is 2.58. The Bertz CT molecular complexity index is 6210. The summed E-state index contributed by atoms with van der Waals surface area (Å²) in [4.78, 5) is 5.12. The first-order valence-electron chi connectivity index (χ1n) is 37.4. The van der Waals surface area contributed by atoms with E-state index >= 15 is 0 Å². The molecule has 0 fully saturated rings. The largest absolute Gasteiger partial charge is 0.310 e. The summed E-state index contributed by atoms with van der Waals surface area (Å²) in [5.41, 5.74) is 40.6. The van der Waals surface area contributed by atoms with E-state index in [2.05, 4.69) is 414 Å². The molecular weight excluding hydrogens is 1280 g/mol. The van der Waals surface area contributed by atoms with Crippen molar-refractivity contribution >= 4 is 34.1 Å². The van der Waals surface area contributed by atoms with Gasteiger partial charge in [0.05, 0.1) is 27.9 Å². The summed E-state index contributed by atoms with van der Waals surface area (Å²) in [6.07, 6.45) is 0. The van der Waals surface area contributed by atoms with Crippen LogP contribution in [0.1, 0.15) is 94.5 Å². The highest BCUT2D eigenvalue weighted by atomic mass is 15.2. The molecule has 0 aliphatic heterocycles. The number of fused-ring (bicyclic) bond motifs is 19. The second-order valence-corrected chi connectivity index (χ2v) is 30.5. The molecule has 2 nitrogen and oxygen atoms in total. The van der Waals surface area contributed by atoms with Crippen LogP contribution in [-0.4, -0.2) is 0 Å². The number of para-hydroxylation sites is 2. The summed E-state index contributed by atoms with van der Waals surface area (Å²) in [7, 11) is 0. The van der Waals surface area contributed by atoms with Gasteiger partial charge in [0.1, 0.15) is 0 Å². The van der Waals surface area contributed by atoms with Crippen LogP contribution in [0.15, 0.2) is 376 Å². The van der Waals surface area contributed by atoms with Crippen molar-refractivity contribution in [2.75, 3.05) is 9.80 Å². The molecular formula is C104H74N2. The van der Waals surface area contributed by atoms with E-state index in [0.717, 1.165) is 45.3 Å². The average Bonchev–Trinajstić information content (AvgIpc) is 1.51. The van der Waals surface area contributed by atoms with Gasteiger partial charge in [-0.25, -0.2) is 0 Å². The monoisotopic (exact) mass is 1350 g/mol. The molecule has 2 heteroatoms. The molecule has 0 heterocycles. The van der Waals surface area contributed by atoms with Crippen LogP contribution < -0.4 is 9.80 Å². The predicted molar refractivity (Wildman–Crippen MR) is 441 cm³/mol. The van der Waals surface area contributed by atoms with E-state index in [1.54, 1.807) is 0 Å². The number of hydrogen-bond donors (Lipinski definition) is 0. The molecule has 0 saturated carbocycles. The first-order chi connectivity index (χ1) is 52.1. The molecule has 0 aromatic heterocycles. The lowest BCUT2D eigenvalue weighted by molar-refractivity contribution is 0.660. The highest BCUT2D eigenvalue weighted by molar-refractivity contribution is 6.04. The van der Waals surface area contributed by atoms with Gasteiger partial charge in [0, 0.05) is 44.6 Å². The Labute approximate surface area is 621 Å². The van der Waals surface area contributed by atoms with Crippen LogP contribution in [0.3, 0.4) is 0 Å². The Morgan fingerprint density at radius 1 is 0.179 bits per heavy atom. The van der Waals surface area contributed by atoms with Gasteiger partial charge < -0.3 is 9.80 Å². The standard InChI is InChI=1S/C104H74N2/c1-101(2)87-45-21-14-40-78(87)83-59-55-73(64-94(83)101)105(74-56-61-85-81-43-15-22-46-88(81)103(96(85)66-74,71-34-10-6-11-35-71)72-36-12-7-13-37-72)97-51-26-20-39-77(97)70-33-28-32-68(62-70)69-54-58-82-84-60-57-75(65-95(84)102(3,4)93(82)63-69)106(98-52-27-19-38-76(98)67-30-8-5-9-31-67)99-53-29-50-92-100(99)86-44-18-25-49-91(86)104(92)89-47-23-16-41-79(89)80-42-17-24-48-90(80)104/h5-66H,1-4H3. The fourth-order valence-corrected chi connectivity index (χ4v) is 19.9. The molecule has 5 aliphatic rings. The number of nitrogens with zero attached hydrogens (tertiary/aromatic N) is 2. The Balaban J connectivity index is 0.694. The minimum atomic E-state index is -0.577. The van der Waals surface area contributed by atoms with E-state index in [1.165, 1.54) is 145 Å². The summed E-state index contributed by atoms with van der Waals surface area (Å²) < 4.78 is 0. The second-order valence-electron chi connectivity index (χ2n) is 30.5. The first-order valence-corrected chi connectivity index (χ1v) is 37.4. The molecule has 5 aliphatic carbocycles. The summed E-state index contributed by atoms with van der Waals surface area (Å²) in [5, 5.41) is 0. The Morgan fingerprint density at radius 2 is 0.509 bits per heavy atom. The van der Waals surface area contributed by atoms with E-state index in [-0.39, 0.29) is 10.8 Å². The molecule has 16 aromatic carbocycles. The van der Waals surface area contributed by atoms with E-state index in [0.29, 0.717) is 0 Å². The zero-order valence-electron chi connectivity index (χ0n) is 59.7. The third kappa shape index (κ3) is 8.67. The molecule has 0 amide bonds. The highest BCUT2D eigenvalue weighted by Crippen LogP contribution is 2.66. The third-order valence-corrected chi connectivity index (χ3v) is 24.6. The quantitative estimate of drug-likeness (QED) is 0.127. The maximum absolute atomic E-state index is 2.58. The SMILES string of the molecule is CC1(C)c2ccccc2-c2ccc(N(c3ccc4c(c3)C(c3ccccc3)(c3ccccc3)c3ccccc3-4)c3ccccc3-c3cccc(-c4ccc5c(c4)C(C)(C)c4cc(N(c6ccccc6-c6ccccc6)c6cccc7c6-c6ccccc6C76c7ccccc7-c7ccccc76)ccc4-5)c3)cc21. The van der Waals surface area contributed by atoms with Crippen molar-refractivity contribution in [1.29, 1.82) is 0 Å². The van der Waals surface area contributed by atoms with Crippen LogP contribution >= 0.6 is 0 Å². The number of hydrogen-bond acceptors (Lipinski definition) is 2. The van der Waals surface area contributed by atoms with Crippen LogP contribution in [0.2, 0.25) is 0 Å². The third-order valence-electron chi connectivity index (χ3n) is 24.6. The van der Waals surface area contributed by atoms with Crippen molar-refractivity contribution in [3.63, 3.8) is 0 Å². The Morgan fingerprint density at radius 3 is 1.08 bits per heavy atom. The lowest BCUT2D eigenvalue weighted by Crippen LogP contribution is -2.28. The minimum absolute atomic E-state index is 0.211. The first kappa shape index (κ1) is 61.8. The fourth-order valence-electron chi connectivity index (χ4n) is 19.9. The van der Waals surface area contributed by atoms with Gasteiger partial charge in [-0.2, -0.15) is 0 Å². The molecule has 21 rings (SSSR count). The van der Waals surface area contributed by atoms with Crippen molar-refractivity contribution in [2.24, 2.45) is 0 Å². The number of benzene rings is 16. The highest BCUT2D eigenvalue weighted by Gasteiger charge is 2.53. The summed E-state index contributed by atoms with van der Waals surface area (Å²) >= 11 is 0. The molecule has 0 radical (unpaired) electrons. The van der Waals surface area contributed by atoms with Crippen molar-refractivity contribution in [3.05, 3.63) is 443 Å². The van der Waals surface area contributed by atoms with Gasteiger partial charge in [-0.05, 0) is 206 Å². The van der Waals surface area contributed by atoms with Crippen molar-refractivity contribution in [3.8, 4) is 89.0 Å². The van der Waals surface area contributed by atoms with E-state index in [1.807, 2.05) is 0 Å². The van der Waals surface area contributed by atoms with Gasteiger partial charge in [0.15, 0.2) is 0 Å². The van der Waals surface area contributed by atoms with Crippen molar-refractivity contribution in [2.45, 2.75) is 49.4 Å². The zero-order chi connectivity index (χ0) is 70.6. The zero-order valence-corrected chi connectivity index (χ0v) is 59.7. The average molecular weight is 1350 g/mol. The normalized spacial score (nSPS) is 14.5. The van der Waals surface area contributed by atoms with Crippen LogP contribution in [0, 0.1) is 0 Å². The van der Waals surface area contributed by atoms with E-state index < -0.39 is 10.8 Å². The van der Waals surface area contributed by atoms with Gasteiger partial charge in [0.25, 0.3) is 0 Å². The lowest BCUT2D eigenvalue weighted by Gasteiger charge is -2.35. The van der Waals surface area contributed by atoms with E-state index in [9.17, 15) is 0 Å². The molecule has 0 bridgehead atoms. The maximum Gasteiger partial charge on any atom is 0.0726 e. The van der Waals surface area contributed by atoms with Crippen LogP contribution in [0.5, 0.6) is 0 Å². The van der Waals surface area contributed by atoms with Crippen molar-refractivity contribution in [1.82, 2.24) is 0 Å². The summed E-state index contributed by atoms with van der Waals surface area (Å²) in [6, 6.07) is 142. The fraction of sp³-hybridized carbons (Fsp3) is 0.0769. The van der Waals surface area contributed by atoms with E-state index in [4.69, 9.17) is 0 Å². The molecule has 0 saturated heterocycles. The number of rotatable bonds is 11. The van der Waals surface area contributed by atoms with Gasteiger partial charge >= 0.3 is 0 Å². The molecule has 1 spiro atoms. The van der Waals surface area contributed by atoms with Gasteiger partial charge in [-0.1, -0.05) is 337 Å². The Hall–Kier alpha value is -12.9. The molecule has 0 atom stereocenters. The molecule has 0 N–H and O–H groups in total. The topological polar surface area (TPSA) is 6.48 Å². The molecule has 16 aromatic rings. The van der Waals surface area contributed by atoms with Gasteiger partial charge in [-0.15, -0.1) is 0 Å². The minimum Gasteiger partial charge on any atom is -0.310 e. The summed E-state index contributed by atoms with van der Waals surface area (Å²) in [6.45, 7) is 9.65. The second kappa shape index (κ2) is 23.3. The van der Waals surface area contributed by atoms with Crippen molar-refractivity contribution < 1.29 is 0 Å². The van der Waals surface area contributed by atoms with Crippen LogP contribution in [-0.2, 0) is 21.7 Å². The molecule has 106 heavy (non-hydrogen) atoms. The van der Waals surface area contributed by atoms with Crippen LogP contribution in [0.25, 0.3) is 89.0 Å². The van der Waals surface area contributed by atoms with Gasteiger partial charge in [-0.3, -0.25) is 0 Å².